The first-order chi connectivity index (χ1) is 9.60. The summed E-state index contributed by atoms with van der Waals surface area (Å²) in [6, 6.07) is 8.90. The lowest BCUT2D eigenvalue weighted by Crippen LogP contribution is -2.33. The molecule has 0 aliphatic carbocycles. The van der Waals surface area contributed by atoms with E-state index in [-0.39, 0.29) is 12.6 Å². The molecule has 114 valence electrons. The van der Waals surface area contributed by atoms with Crippen LogP contribution >= 0.6 is 0 Å². The summed E-state index contributed by atoms with van der Waals surface area (Å²) in [5.74, 6) is 0.602. The zero-order chi connectivity index (χ0) is 15.0. The highest BCUT2D eigenvalue weighted by atomic mass is 16.3. The Labute approximate surface area is 124 Å². The number of aliphatic hydroxyl groups is 1. The summed E-state index contributed by atoms with van der Waals surface area (Å²) >= 11 is 0. The standard InChI is InChI=1S/C17H30N2O/c1-5-19(6-2)17-9-7-15(8-10-17)12-18-16(13-20)11-14(3)4/h7-10,14,16,18,20H,5-6,11-13H2,1-4H3. The normalized spacial score (nSPS) is 12.7. The third-order valence-corrected chi connectivity index (χ3v) is 3.64. The molecule has 2 N–H and O–H groups in total. The van der Waals surface area contributed by atoms with Crippen LogP contribution < -0.4 is 10.2 Å². The van der Waals surface area contributed by atoms with Crippen LogP contribution in [0.1, 0.15) is 39.7 Å². The molecule has 1 atom stereocenters. The van der Waals surface area contributed by atoms with Gasteiger partial charge in [-0.15, -0.1) is 0 Å². The molecule has 0 fully saturated rings. The van der Waals surface area contributed by atoms with Crippen molar-refractivity contribution in [1.82, 2.24) is 5.32 Å². The molecule has 0 saturated heterocycles. The van der Waals surface area contributed by atoms with Crippen molar-refractivity contribution in [3.8, 4) is 0 Å². The SMILES string of the molecule is CCN(CC)c1ccc(CNC(CO)CC(C)C)cc1. The van der Waals surface area contributed by atoms with Crippen molar-refractivity contribution >= 4 is 5.69 Å². The number of aliphatic hydroxyl groups excluding tert-OH is 1. The summed E-state index contributed by atoms with van der Waals surface area (Å²) in [5.41, 5.74) is 2.54. The van der Waals surface area contributed by atoms with Gasteiger partial charge in [-0.05, 0) is 43.9 Å². The van der Waals surface area contributed by atoms with Gasteiger partial charge >= 0.3 is 0 Å². The van der Waals surface area contributed by atoms with Crippen LogP contribution in [0.3, 0.4) is 0 Å². The summed E-state index contributed by atoms with van der Waals surface area (Å²) in [6.07, 6.45) is 1.01. The number of hydrogen-bond acceptors (Lipinski definition) is 3. The van der Waals surface area contributed by atoms with Crippen LogP contribution in [0.15, 0.2) is 24.3 Å². The van der Waals surface area contributed by atoms with Gasteiger partial charge in [0, 0.05) is 31.4 Å². The van der Waals surface area contributed by atoms with E-state index >= 15 is 0 Å². The van der Waals surface area contributed by atoms with Gasteiger partial charge in [0.25, 0.3) is 0 Å². The van der Waals surface area contributed by atoms with Crippen LogP contribution in [0, 0.1) is 5.92 Å². The third-order valence-electron chi connectivity index (χ3n) is 3.64. The van der Waals surface area contributed by atoms with Crippen molar-refractivity contribution in [2.24, 2.45) is 5.92 Å². The second-order valence-corrected chi connectivity index (χ2v) is 5.73. The topological polar surface area (TPSA) is 35.5 Å². The Balaban J connectivity index is 2.52. The smallest absolute Gasteiger partial charge is 0.0584 e. The van der Waals surface area contributed by atoms with E-state index in [0.717, 1.165) is 26.1 Å². The van der Waals surface area contributed by atoms with Gasteiger partial charge in [-0.3, -0.25) is 0 Å². The van der Waals surface area contributed by atoms with Gasteiger partial charge in [0.15, 0.2) is 0 Å². The molecule has 0 aliphatic rings. The average molecular weight is 278 g/mol. The summed E-state index contributed by atoms with van der Waals surface area (Å²) in [4.78, 5) is 2.34. The molecule has 0 radical (unpaired) electrons. The minimum Gasteiger partial charge on any atom is -0.395 e. The molecule has 0 heterocycles. The molecule has 0 aromatic heterocycles. The van der Waals surface area contributed by atoms with Gasteiger partial charge in [-0.2, -0.15) is 0 Å². The predicted octanol–water partition coefficient (Wildman–Crippen LogP) is 3.03. The Morgan fingerprint density at radius 3 is 2.15 bits per heavy atom. The van der Waals surface area contributed by atoms with Gasteiger partial charge in [-0.25, -0.2) is 0 Å². The average Bonchev–Trinajstić information content (AvgIpc) is 2.45. The third kappa shape index (κ3) is 5.51. The minimum absolute atomic E-state index is 0.192. The maximum atomic E-state index is 9.36. The van der Waals surface area contributed by atoms with Crippen molar-refractivity contribution in [2.45, 2.75) is 46.7 Å². The van der Waals surface area contributed by atoms with Crippen molar-refractivity contribution in [3.05, 3.63) is 29.8 Å². The second kappa shape index (κ2) is 8.98. The van der Waals surface area contributed by atoms with Gasteiger partial charge in [-0.1, -0.05) is 26.0 Å². The Morgan fingerprint density at radius 2 is 1.70 bits per heavy atom. The van der Waals surface area contributed by atoms with E-state index < -0.39 is 0 Å². The van der Waals surface area contributed by atoms with Crippen LogP contribution in [0.4, 0.5) is 5.69 Å². The molecule has 3 nitrogen and oxygen atoms in total. The molecule has 0 bridgehead atoms. The molecule has 20 heavy (non-hydrogen) atoms. The highest BCUT2D eigenvalue weighted by Gasteiger charge is 2.09. The first-order valence-electron chi connectivity index (χ1n) is 7.78. The van der Waals surface area contributed by atoms with Gasteiger partial charge < -0.3 is 15.3 Å². The Hall–Kier alpha value is -1.06. The summed E-state index contributed by atoms with van der Waals surface area (Å²) in [5, 5.41) is 12.8. The number of hydrogen-bond donors (Lipinski definition) is 2. The quantitative estimate of drug-likeness (QED) is 0.729. The lowest BCUT2D eigenvalue weighted by molar-refractivity contribution is 0.223. The fraction of sp³-hybridized carbons (Fsp3) is 0.647. The van der Waals surface area contributed by atoms with Crippen LogP contribution in [0.2, 0.25) is 0 Å². The Bertz CT molecular complexity index is 358. The van der Waals surface area contributed by atoms with Crippen LogP contribution in [-0.2, 0) is 6.54 Å². The molecular weight excluding hydrogens is 248 g/mol. The zero-order valence-corrected chi connectivity index (χ0v) is 13.4. The van der Waals surface area contributed by atoms with Gasteiger partial charge in [0.2, 0.25) is 0 Å². The lowest BCUT2D eigenvalue weighted by atomic mass is 10.0. The van der Waals surface area contributed by atoms with Gasteiger partial charge in [0.1, 0.15) is 0 Å². The van der Waals surface area contributed by atoms with Crippen molar-refractivity contribution < 1.29 is 5.11 Å². The van der Waals surface area contributed by atoms with Crippen LogP contribution in [0.5, 0.6) is 0 Å². The Morgan fingerprint density at radius 1 is 1.10 bits per heavy atom. The van der Waals surface area contributed by atoms with E-state index in [4.69, 9.17) is 0 Å². The molecule has 3 heteroatoms. The van der Waals surface area contributed by atoms with E-state index in [2.05, 4.69) is 62.2 Å². The van der Waals surface area contributed by atoms with E-state index in [0.29, 0.717) is 5.92 Å². The maximum Gasteiger partial charge on any atom is 0.0584 e. The highest BCUT2D eigenvalue weighted by molar-refractivity contribution is 5.47. The largest absolute Gasteiger partial charge is 0.395 e. The highest BCUT2D eigenvalue weighted by Crippen LogP contribution is 2.15. The minimum atomic E-state index is 0.192. The molecule has 0 aliphatic heterocycles. The number of anilines is 1. The summed E-state index contributed by atoms with van der Waals surface area (Å²) in [7, 11) is 0. The molecule has 0 spiro atoms. The van der Waals surface area contributed by atoms with E-state index in [9.17, 15) is 5.11 Å². The van der Waals surface area contributed by atoms with Crippen LogP contribution in [0.25, 0.3) is 0 Å². The number of rotatable bonds is 9. The fourth-order valence-electron chi connectivity index (χ4n) is 2.47. The number of benzene rings is 1. The van der Waals surface area contributed by atoms with Crippen LogP contribution in [-0.4, -0.2) is 30.8 Å². The monoisotopic (exact) mass is 278 g/mol. The fourth-order valence-corrected chi connectivity index (χ4v) is 2.47. The predicted molar refractivity (Wildman–Crippen MR) is 87.2 cm³/mol. The molecule has 1 aromatic rings. The van der Waals surface area contributed by atoms with E-state index in [1.54, 1.807) is 0 Å². The summed E-state index contributed by atoms with van der Waals surface area (Å²) < 4.78 is 0. The zero-order valence-electron chi connectivity index (χ0n) is 13.4. The number of nitrogens with zero attached hydrogens (tertiary/aromatic N) is 1. The van der Waals surface area contributed by atoms with E-state index in [1.807, 2.05) is 0 Å². The molecule has 1 aromatic carbocycles. The first kappa shape index (κ1) is 17.0. The second-order valence-electron chi connectivity index (χ2n) is 5.73. The molecular formula is C17H30N2O. The van der Waals surface area contributed by atoms with Crippen molar-refractivity contribution in [3.63, 3.8) is 0 Å². The lowest BCUT2D eigenvalue weighted by Gasteiger charge is -2.22. The van der Waals surface area contributed by atoms with Crippen molar-refractivity contribution in [1.29, 1.82) is 0 Å². The van der Waals surface area contributed by atoms with Crippen molar-refractivity contribution in [2.75, 3.05) is 24.6 Å². The van der Waals surface area contributed by atoms with E-state index in [1.165, 1.54) is 11.3 Å². The summed E-state index contributed by atoms with van der Waals surface area (Å²) in [6.45, 7) is 11.8. The maximum absolute atomic E-state index is 9.36. The molecule has 1 rings (SSSR count). The Kier molecular flexibility index (Phi) is 7.63. The number of nitrogens with one attached hydrogen (secondary N) is 1. The first-order valence-corrected chi connectivity index (χ1v) is 7.78. The van der Waals surface area contributed by atoms with Gasteiger partial charge in [0.05, 0.1) is 6.61 Å². The molecule has 0 amide bonds. The molecule has 0 saturated carbocycles. The molecule has 1 unspecified atom stereocenters.